The van der Waals surface area contributed by atoms with Crippen LogP contribution in [0.25, 0.3) is 0 Å². The maximum atomic E-state index is 12.8. The standard InChI is InChI=1S/C7H2BrCl2FO/c8-6-4(11)2-1-3(9)5(6)7(10)12/h1-2H. The highest BCUT2D eigenvalue weighted by molar-refractivity contribution is 9.10. The van der Waals surface area contributed by atoms with Crippen molar-refractivity contribution in [1.82, 2.24) is 0 Å². The second-order valence-corrected chi connectivity index (χ2v) is 3.54. The molecule has 0 aliphatic rings. The monoisotopic (exact) mass is 270 g/mol. The summed E-state index contributed by atoms with van der Waals surface area (Å²) in [5.74, 6) is -0.566. The number of hydrogen-bond donors (Lipinski definition) is 0. The van der Waals surface area contributed by atoms with Crippen LogP contribution in [0.5, 0.6) is 0 Å². The molecule has 0 fully saturated rings. The summed E-state index contributed by atoms with van der Waals surface area (Å²) in [7, 11) is 0. The number of carbonyl (C=O) groups is 1. The van der Waals surface area contributed by atoms with Crippen molar-refractivity contribution in [3.63, 3.8) is 0 Å². The summed E-state index contributed by atoms with van der Waals surface area (Å²) in [4.78, 5) is 10.7. The lowest BCUT2D eigenvalue weighted by Crippen LogP contribution is -1.94. The molecule has 0 unspecified atom stereocenters. The Hall–Kier alpha value is -0.120. The molecule has 12 heavy (non-hydrogen) atoms. The molecule has 0 aromatic heterocycles. The molecule has 0 aliphatic carbocycles. The summed E-state index contributed by atoms with van der Waals surface area (Å²) in [5.41, 5.74) is -0.0432. The van der Waals surface area contributed by atoms with Gasteiger partial charge >= 0.3 is 0 Å². The van der Waals surface area contributed by atoms with Crippen LogP contribution in [0, 0.1) is 5.82 Å². The summed E-state index contributed by atoms with van der Waals surface area (Å²) >= 11 is 13.6. The number of halogens is 4. The maximum absolute atomic E-state index is 12.8. The Morgan fingerprint density at radius 3 is 2.50 bits per heavy atom. The Kier molecular flexibility index (Phi) is 3.09. The van der Waals surface area contributed by atoms with Crippen LogP contribution in [0.2, 0.25) is 5.02 Å². The summed E-state index contributed by atoms with van der Waals surface area (Å²) in [6.45, 7) is 0. The molecule has 0 saturated carbocycles. The first-order valence-corrected chi connectivity index (χ1v) is 4.42. The predicted octanol–water partition coefficient (Wildman–Crippen LogP) is 3.62. The average molecular weight is 272 g/mol. The average Bonchev–Trinajstić information content (AvgIpc) is 1.97. The van der Waals surface area contributed by atoms with E-state index in [4.69, 9.17) is 23.2 Å². The Morgan fingerprint density at radius 2 is 2.08 bits per heavy atom. The van der Waals surface area contributed by atoms with Gasteiger partial charge < -0.3 is 0 Å². The Labute approximate surface area is 86.6 Å². The fourth-order valence-electron chi connectivity index (χ4n) is 0.707. The summed E-state index contributed by atoms with van der Waals surface area (Å²) in [6, 6.07) is 2.42. The van der Waals surface area contributed by atoms with Crippen LogP contribution in [0.1, 0.15) is 10.4 Å². The van der Waals surface area contributed by atoms with Gasteiger partial charge in [-0.1, -0.05) is 11.6 Å². The minimum absolute atomic E-state index is 0.00463. The molecule has 1 nitrogen and oxygen atoms in total. The summed E-state index contributed by atoms with van der Waals surface area (Å²) in [5, 5.41) is -0.658. The molecule has 1 aromatic rings. The van der Waals surface area contributed by atoms with E-state index >= 15 is 0 Å². The van der Waals surface area contributed by atoms with Crippen molar-refractivity contribution in [2.45, 2.75) is 0 Å². The number of rotatable bonds is 1. The largest absolute Gasteiger partial charge is 0.276 e. The van der Waals surface area contributed by atoms with Gasteiger partial charge in [-0.25, -0.2) is 4.39 Å². The second-order valence-electron chi connectivity index (χ2n) is 1.99. The third-order valence-corrected chi connectivity index (χ3v) is 2.52. The third-order valence-electron chi connectivity index (χ3n) is 1.24. The first kappa shape index (κ1) is 9.96. The maximum Gasteiger partial charge on any atom is 0.255 e. The van der Waals surface area contributed by atoms with Crippen LogP contribution in [-0.4, -0.2) is 5.24 Å². The van der Waals surface area contributed by atoms with Crippen molar-refractivity contribution in [2.24, 2.45) is 0 Å². The molecule has 1 aromatic carbocycles. The highest BCUT2D eigenvalue weighted by atomic mass is 79.9. The molecule has 0 heterocycles. The first-order chi connectivity index (χ1) is 5.54. The van der Waals surface area contributed by atoms with Gasteiger partial charge in [-0.05, 0) is 39.7 Å². The summed E-state index contributed by atoms with van der Waals surface area (Å²) in [6.07, 6.45) is 0. The molecule has 0 aliphatic heterocycles. The van der Waals surface area contributed by atoms with Crippen molar-refractivity contribution < 1.29 is 9.18 Å². The minimum atomic E-state index is -0.786. The zero-order chi connectivity index (χ0) is 9.30. The van der Waals surface area contributed by atoms with E-state index in [0.29, 0.717) is 0 Å². The van der Waals surface area contributed by atoms with Gasteiger partial charge in [0.25, 0.3) is 5.24 Å². The van der Waals surface area contributed by atoms with E-state index in [0.717, 1.165) is 6.07 Å². The van der Waals surface area contributed by atoms with Crippen LogP contribution < -0.4 is 0 Å². The van der Waals surface area contributed by atoms with Crippen LogP contribution in [0.3, 0.4) is 0 Å². The molecule has 0 amide bonds. The highest BCUT2D eigenvalue weighted by Crippen LogP contribution is 2.28. The van der Waals surface area contributed by atoms with Crippen molar-refractivity contribution in [1.29, 1.82) is 0 Å². The highest BCUT2D eigenvalue weighted by Gasteiger charge is 2.15. The van der Waals surface area contributed by atoms with Gasteiger partial charge in [-0.2, -0.15) is 0 Å². The summed E-state index contributed by atoms with van der Waals surface area (Å²) < 4.78 is 12.8. The zero-order valence-electron chi connectivity index (χ0n) is 5.57. The van der Waals surface area contributed by atoms with E-state index in [1.807, 2.05) is 0 Å². The molecular weight excluding hydrogens is 270 g/mol. The van der Waals surface area contributed by atoms with E-state index in [-0.39, 0.29) is 15.1 Å². The van der Waals surface area contributed by atoms with Crippen molar-refractivity contribution >= 4 is 44.4 Å². The lowest BCUT2D eigenvalue weighted by atomic mass is 10.2. The van der Waals surface area contributed by atoms with E-state index in [1.165, 1.54) is 6.07 Å². The van der Waals surface area contributed by atoms with Gasteiger partial charge in [-0.3, -0.25) is 4.79 Å². The van der Waals surface area contributed by atoms with Gasteiger partial charge in [0.05, 0.1) is 15.1 Å². The lowest BCUT2D eigenvalue weighted by molar-refractivity contribution is 0.108. The number of hydrogen-bond acceptors (Lipinski definition) is 1. The van der Waals surface area contributed by atoms with Crippen molar-refractivity contribution in [3.05, 3.63) is 33.0 Å². The Balaban J connectivity index is 3.43. The van der Waals surface area contributed by atoms with Crippen LogP contribution in [0.15, 0.2) is 16.6 Å². The molecule has 0 saturated heterocycles. The van der Waals surface area contributed by atoms with E-state index in [2.05, 4.69) is 15.9 Å². The Morgan fingerprint density at radius 1 is 1.50 bits per heavy atom. The third kappa shape index (κ3) is 1.79. The molecular formula is C7H2BrCl2FO. The van der Waals surface area contributed by atoms with Crippen LogP contribution >= 0.6 is 39.1 Å². The SMILES string of the molecule is O=C(Cl)c1c(Cl)ccc(F)c1Br. The van der Waals surface area contributed by atoms with Gasteiger partial charge in [0.2, 0.25) is 0 Å². The fraction of sp³-hybridized carbons (Fsp3) is 0. The first-order valence-electron chi connectivity index (χ1n) is 2.87. The second kappa shape index (κ2) is 3.73. The normalized spacial score (nSPS) is 10.0. The van der Waals surface area contributed by atoms with Gasteiger partial charge in [0, 0.05) is 0 Å². The molecule has 0 radical (unpaired) electrons. The molecule has 64 valence electrons. The molecule has 0 spiro atoms. The molecule has 0 atom stereocenters. The topological polar surface area (TPSA) is 17.1 Å². The smallest absolute Gasteiger partial charge is 0.255 e. The van der Waals surface area contributed by atoms with Gasteiger partial charge in [0.1, 0.15) is 5.82 Å². The van der Waals surface area contributed by atoms with Gasteiger partial charge in [-0.15, -0.1) is 0 Å². The molecule has 5 heteroatoms. The van der Waals surface area contributed by atoms with Crippen molar-refractivity contribution in [3.8, 4) is 0 Å². The predicted molar refractivity (Wildman–Crippen MR) is 49.3 cm³/mol. The van der Waals surface area contributed by atoms with Crippen molar-refractivity contribution in [2.75, 3.05) is 0 Å². The minimum Gasteiger partial charge on any atom is -0.276 e. The van der Waals surface area contributed by atoms with E-state index in [1.54, 1.807) is 0 Å². The molecule has 1 rings (SSSR count). The Bertz CT molecular complexity index is 340. The van der Waals surface area contributed by atoms with E-state index < -0.39 is 11.1 Å². The lowest BCUT2D eigenvalue weighted by Gasteiger charge is -2.01. The van der Waals surface area contributed by atoms with Gasteiger partial charge in [0.15, 0.2) is 0 Å². The number of benzene rings is 1. The van der Waals surface area contributed by atoms with E-state index in [9.17, 15) is 9.18 Å². The van der Waals surface area contributed by atoms with Crippen LogP contribution in [0.4, 0.5) is 4.39 Å². The fourth-order valence-corrected chi connectivity index (χ4v) is 1.95. The number of carbonyl (C=O) groups excluding carboxylic acids is 1. The zero-order valence-corrected chi connectivity index (χ0v) is 8.67. The quantitative estimate of drug-likeness (QED) is 0.563. The van der Waals surface area contributed by atoms with Crippen LogP contribution in [-0.2, 0) is 0 Å². The molecule has 0 N–H and O–H groups in total. The molecule has 0 bridgehead atoms.